The smallest absolute Gasteiger partial charge is 0.00229 e. The van der Waals surface area contributed by atoms with Crippen molar-refractivity contribution < 1.29 is 0 Å². The van der Waals surface area contributed by atoms with Gasteiger partial charge in [-0.1, -0.05) is 42.5 Å². The van der Waals surface area contributed by atoms with Crippen molar-refractivity contribution in [3.05, 3.63) is 70.8 Å². The molecule has 1 radical (unpaired) electrons. The van der Waals surface area contributed by atoms with Crippen molar-refractivity contribution in [3.63, 3.8) is 0 Å². The van der Waals surface area contributed by atoms with Crippen molar-refractivity contribution in [2.75, 3.05) is 0 Å². The summed E-state index contributed by atoms with van der Waals surface area (Å²) in [6.07, 6.45) is 1.00. The van der Waals surface area contributed by atoms with Crippen LogP contribution in [0.15, 0.2) is 42.5 Å². The van der Waals surface area contributed by atoms with Crippen molar-refractivity contribution >= 4 is 0 Å². The topological polar surface area (TPSA) is 0 Å². The summed E-state index contributed by atoms with van der Waals surface area (Å²) < 4.78 is 0. The second-order valence-corrected chi connectivity index (χ2v) is 3.99. The summed E-state index contributed by atoms with van der Waals surface area (Å²) >= 11 is 0. The molecule has 0 saturated heterocycles. The highest BCUT2D eigenvalue weighted by molar-refractivity contribution is 5.34. The Bertz CT molecular complexity index is 441. The van der Waals surface area contributed by atoms with Crippen molar-refractivity contribution in [2.45, 2.75) is 20.3 Å². The number of hydrogen-bond donors (Lipinski definition) is 0. The Kier molecular flexibility index (Phi) is 2.86. The molecule has 0 atom stereocenters. The number of rotatable bonds is 2. The predicted molar refractivity (Wildman–Crippen MR) is 64.0 cm³/mol. The zero-order valence-electron chi connectivity index (χ0n) is 9.25. The molecule has 2 aromatic carbocycles. The van der Waals surface area contributed by atoms with Gasteiger partial charge < -0.3 is 0 Å². The fourth-order valence-electron chi connectivity index (χ4n) is 1.78. The van der Waals surface area contributed by atoms with Gasteiger partial charge in [-0.25, -0.2) is 0 Å². The lowest BCUT2D eigenvalue weighted by molar-refractivity contribution is 1.15. The fraction of sp³-hybridized carbons (Fsp3) is 0.200. The Balaban J connectivity index is 2.25. The van der Waals surface area contributed by atoms with E-state index >= 15 is 0 Å². The van der Waals surface area contributed by atoms with E-state index in [2.05, 4.69) is 62.4 Å². The lowest BCUT2D eigenvalue weighted by atomic mass is 9.99. The van der Waals surface area contributed by atoms with Crippen LogP contribution in [0.3, 0.4) is 0 Å². The van der Waals surface area contributed by atoms with Crippen LogP contribution in [0.5, 0.6) is 0 Å². The largest absolute Gasteiger partial charge is 0.0622 e. The SMILES string of the molecule is Cc1[c]cc(Cc2ccccc2)c(C)c1. The molecule has 0 unspecified atom stereocenters. The lowest BCUT2D eigenvalue weighted by Gasteiger charge is -2.06. The van der Waals surface area contributed by atoms with Crippen LogP contribution in [0.4, 0.5) is 0 Å². The Morgan fingerprint density at radius 3 is 2.47 bits per heavy atom. The van der Waals surface area contributed by atoms with Crippen LogP contribution < -0.4 is 0 Å². The van der Waals surface area contributed by atoms with Crippen LogP contribution in [-0.2, 0) is 6.42 Å². The van der Waals surface area contributed by atoms with Crippen molar-refractivity contribution in [2.24, 2.45) is 0 Å². The molecule has 75 valence electrons. The Labute approximate surface area is 91.6 Å². The zero-order valence-corrected chi connectivity index (χ0v) is 9.25. The Morgan fingerprint density at radius 1 is 1.07 bits per heavy atom. The first-order valence-corrected chi connectivity index (χ1v) is 5.27. The first-order valence-electron chi connectivity index (χ1n) is 5.27. The molecule has 0 N–H and O–H groups in total. The van der Waals surface area contributed by atoms with Gasteiger partial charge in [0, 0.05) is 0 Å². The van der Waals surface area contributed by atoms with E-state index in [1.807, 2.05) is 0 Å². The van der Waals surface area contributed by atoms with Crippen molar-refractivity contribution in [3.8, 4) is 0 Å². The first-order chi connectivity index (χ1) is 7.25. The third-order valence-corrected chi connectivity index (χ3v) is 2.65. The van der Waals surface area contributed by atoms with E-state index in [1.54, 1.807) is 0 Å². The van der Waals surface area contributed by atoms with Crippen LogP contribution in [-0.4, -0.2) is 0 Å². The van der Waals surface area contributed by atoms with Crippen LogP contribution in [0.25, 0.3) is 0 Å². The molecule has 0 amide bonds. The molecule has 0 saturated carbocycles. The lowest BCUT2D eigenvalue weighted by Crippen LogP contribution is -1.92. The predicted octanol–water partition coefficient (Wildman–Crippen LogP) is 3.69. The highest BCUT2D eigenvalue weighted by Crippen LogP contribution is 2.14. The highest BCUT2D eigenvalue weighted by Gasteiger charge is 1.99. The molecule has 0 aliphatic heterocycles. The van der Waals surface area contributed by atoms with Crippen molar-refractivity contribution in [1.29, 1.82) is 0 Å². The normalized spacial score (nSPS) is 10.3. The fourth-order valence-corrected chi connectivity index (χ4v) is 1.78. The van der Waals surface area contributed by atoms with Gasteiger partial charge in [-0.3, -0.25) is 0 Å². The quantitative estimate of drug-likeness (QED) is 0.685. The second kappa shape index (κ2) is 4.31. The summed E-state index contributed by atoms with van der Waals surface area (Å²) in [6, 6.07) is 18.1. The minimum Gasteiger partial charge on any atom is -0.0622 e. The summed E-state index contributed by atoms with van der Waals surface area (Å²) in [5.41, 5.74) is 5.30. The molecule has 0 spiro atoms. The maximum atomic E-state index is 3.26. The van der Waals surface area contributed by atoms with E-state index in [9.17, 15) is 0 Å². The molecule has 0 aliphatic rings. The molecule has 2 rings (SSSR count). The molecule has 0 heteroatoms. The average molecular weight is 195 g/mol. The van der Waals surface area contributed by atoms with Crippen LogP contribution >= 0.6 is 0 Å². The molecular formula is C15H15. The molecule has 0 fully saturated rings. The van der Waals surface area contributed by atoms with Crippen molar-refractivity contribution in [1.82, 2.24) is 0 Å². The van der Waals surface area contributed by atoms with E-state index in [0.717, 1.165) is 6.42 Å². The zero-order chi connectivity index (χ0) is 10.7. The number of aryl methyl sites for hydroxylation is 2. The molecule has 0 aliphatic carbocycles. The van der Waals surface area contributed by atoms with E-state index in [4.69, 9.17) is 0 Å². The molecule has 2 aromatic rings. The summed E-state index contributed by atoms with van der Waals surface area (Å²) in [7, 11) is 0. The van der Waals surface area contributed by atoms with Gasteiger partial charge in [0.05, 0.1) is 0 Å². The third-order valence-electron chi connectivity index (χ3n) is 2.65. The molecule has 0 bridgehead atoms. The molecule has 0 heterocycles. The van der Waals surface area contributed by atoms with E-state index in [-0.39, 0.29) is 0 Å². The Hall–Kier alpha value is -1.56. The van der Waals surface area contributed by atoms with E-state index in [0.29, 0.717) is 0 Å². The molecule has 15 heavy (non-hydrogen) atoms. The summed E-state index contributed by atoms with van der Waals surface area (Å²) in [4.78, 5) is 0. The molecule has 0 nitrogen and oxygen atoms in total. The summed E-state index contributed by atoms with van der Waals surface area (Å²) in [5.74, 6) is 0. The molecule has 0 aromatic heterocycles. The molecular weight excluding hydrogens is 180 g/mol. The van der Waals surface area contributed by atoms with E-state index in [1.165, 1.54) is 22.3 Å². The van der Waals surface area contributed by atoms with Gasteiger partial charge >= 0.3 is 0 Å². The van der Waals surface area contributed by atoms with Gasteiger partial charge in [0.1, 0.15) is 0 Å². The maximum Gasteiger partial charge on any atom is -0.00229 e. The standard InChI is InChI=1S/C15H15/c1-12-8-9-15(13(2)10-12)11-14-6-4-3-5-7-14/h3-7,9-10H,11H2,1-2H3. The number of hydrogen-bond acceptors (Lipinski definition) is 0. The number of benzene rings is 2. The average Bonchev–Trinajstić information content (AvgIpc) is 2.24. The summed E-state index contributed by atoms with van der Waals surface area (Å²) in [5, 5.41) is 0. The van der Waals surface area contributed by atoms with Crippen LogP contribution in [0.1, 0.15) is 22.3 Å². The van der Waals surface area contributed by atoms with Crippen LogP contribution in [0.2, 0.25) is 0 Å². The maximum absolute atomic E-state index is 3.26. The first kappa shape index (κ1) is 9.97. The minimum absolute atomic E-state index is 1.00. The van der Waals surface area contributed by atoms with Gasteiger partial charge in [-0.15, -0.1) is 0 Å². The van der Waals surface area contributed by atoms with Gasteiger partial charge in [0.2, 0.25) is 0 Å². The van der Waals surface area contributed by atoms with Gasteiger partial charge in [-0.2, -0.15) is 0 Å². The van der Waals surface area contributed by atoms with Gasteiger partial charge in [0.15, 0.2) is 0 Å². The monoisotopic (exact) mass is 195 g/mol. The van der Waals surface area contributed by atoms with Crippen LogP contribution in [0, 0.1) is 19.9 Å². The summed E-state index contributed by atoms with van der Waals surface area (Å²) in [6.45, 7) is 4.25. The second-order valence-electron chi connectivity index (χ2n) is 3.99. The van der Waals surface area contributed by atoms with Gasteiger partial charge in [0.25, 0.3) is 0 Å². The van der Waals surface area contributed by atoms with Gasteiger partial charge in [-0.05, 0) is 48.6 Å². The third kappa shape index (κ3) is 2.47. The Morgan fingerprint density at radius 2 is 1.80 bits per heavy atom. The van der Waals surface area contributed by atoms with E-state index < -0.39 is 0 Å². The highest BCUT2D eigenvalue weighted by atomic mass is 14.0. The minimum atomic E-state index is 1.00.